The zero-order chi connectivity index (χ0) is 11.3. The first-order valence-electron chi connectivity index (χ1n) is 4.70. The van der Waals surface area contributed by atoms with Gasteiger partial charge in [-0.15, -0.1) is 11.3 Å². The summed E-state index contributed by atoms with van der Waals surface area (Å²) in [5.41, 5.74) is 0. The summed E-state index contributed by atoms with van der Waals surface area (Å²) < 4.78 is 28.1. The molecular formula is C10H14F2O2S. The van der Waals surface area contributed by atoms with E-state index in [4.69, 9.17) is 0 Å². The molecule has 0 aliphatic heterocycles. The molecule has 0 aromatic carbocycles. The van der Waals surface area contributed by atoms with Gasteiger partial charge in [0, 0.05) is 22.8 Å². The van der Waals surface area contributed by atoms with E-state index in [0.29, 0.717) is 6.42 Å². The van der Waals surface area contributed by atoms with Gasteiger partial charge in [0.25, 0.3) is 6.43 Å². The molecular weight excluding hydrogens is 222 g/mol. The van der Waals surface area contributed by atoms with Crippen LogP contribution in [0.4, 0.5) is 8.78 Å². The van der Waals surface area contributed by atoms with Crippen molar-refractivity contribution < 1.29 is 18.6 Å². The van der Waals surface area contributed by atoms with Crippen LogP contribution in [0.1, 0.15) is 22.3 Å². The fourth-order valence-corrected chi connectivity index (χ4v) is 2.04. The summed E-state index contributed by atoms with van der Waals surface area (Å²) in [4.78, 5) is 1.98. The molecule has 0 saturated carbocycles. The van der Waals surface area contributed by atoms with Crippen molar-refractivity contribution in [3.8, 4) is 0 Å². The van der Waals surface area contributed by atoms with Crippen LogP contribution < -0.4 is 0 Å². The molecule has 0 aliphatic rings. The van der Waals surface area contributed by atoms with Crippen LogP contribution in [0.2, 0.25) is 0 Å². The molecule has 1 heterocycles. The Kier molecular flexibility index (Phi) is 5.14. The zero-order valence-electron chi connectivity index (χ0n) is 8.45. The average molecular weight is 236 g/mol. The smallest absolute Gasteiger partial charge is 0.261 e. The molecule has 0 radical (unpaired) electrons. The van der Waals surface area contributed by atoms with Crippen LogP contribution in [-0.2, 0) is 4.74 Å². The molecule has 0 aliphatic carbocycles. The highest BCUT2D eigenvalue weighted by molar-refractivity contribution is 7.11. The van der Waals surface area contributed by atoms with Gasteiger partial charge in [-0.05, 0) is 19.1 Å². The van der Waals surface area contributed by atoms with Crippen LogP contribution in [0.25, 0.3) is 0 Å². The van der Waals surface area contributed by atoms with Gasteiger partial charge in [0.15, 0.2) is 0 Å². The third-order valence-corrected chi connectivity index (χ3v) is 2.97. The fourth-order valence-electron chi connectivity index (χ4n) is 1.14. The van der Waals surface area contributed by atoms with Crippen LogP contribution in [0.15, 0.2) is 12.1 Å². The molecule has 0 fully saturated rings. The standard InChI is InChI=1S/C10H14F2O2S/c1-7-2-3-9(15-7)8(13)4-5-14-6-10(11)12/h2-3,8,10,13H,4-6H2,1H3. The number of aryl methyl sites for hydroxylation is 1. The second-order valence-corrected chi connectivity index (χ2v) is 4.54. The van der Waals surface area contributed by atoms with Gasteiger partial charge in [0.2, 0.25) is 0 Å². The molecule has 15 heavy (non-hydrogen) atoms. The van der Waals surface area contributed by atoms with Crippen molar-refractivity contribution in [1.29, 1.82) is 0 Å². The SMILES string of the molecule is Cc1ccc(C(O)CCOCC(F)F)s1. The number of aliphatic hydroxyl groups is 1. The van der Waals surface area contributed by atoms with Gasteiger partial charge in [0.05, 0.1) is 6.10 Å². The first kappa shape index (κ1) is 12.5. The lowest BCUT2D eigenvalue weighted by Crippen LogP contribution is -2.08. The lowest BCUT2D eigenvalue weighted by molar-refractivity contribution is 0.00515. The normalized spacial score (nSPS) is 13.4. The van der Waals surface area contributed by atoms with Crippen LogP contribution in [0, 0.1) is 6.92 Å². The van der Waals surface area contributed by atoms with Gasteiger partial charge in [-0.2, -0.15) is 0 Å². The Labute approximate surface area is 91.5 Å². The van der Waals surface area contributed by atoms with E-state index in [-0.39, 0.29) is 6.61 Å². The number of halogens is 2. The predicted molar refractivity (Wildman–Crippen MR) is 55.5 cm³/mol. The first-order valence-corrected chi connectivity index (χ1v) is 5.51. The molecule has 0 bridgehead atoms. The Balaban J connectivity index is 2.21. The minimum Gasteiger partial charge on any atom is -0.387 e. The van der Waals surface area contributed by atoms with Gasteiger partial charge in [0.1, 0.15) is 6.61 Å². The van der Waals surface area contributed by atoms with Gasteiger partial charge in [-0.3, -0.25) is 0 Å². The zero-order valence-corrected chi connectivity index (χ0v) is 9.27. The number of rotatable bonds is 6. The van der Waals surface area contributed by atoms with Crippen molar-refractivity contribution in [2.45, 2.75) is 25.9 Å². The summed E-state index contributed by atoms with van der Waals surface area (Å²) in [5, 5.41) is 9.64. The number of ether oxygens (including phenoxy) is 1. The Morgan fingerprint density at radius 3 is 2.73 bits per heavy atom. The van der Waals surface area contributed by atoms with Crippen molar-refractivity contribution >= 4 is 11.3 Å². The maximum atomic E-state index is 11.7. The van der Waals surface area contributed by atoms with Crippen molar-refractivity contribution in [3.63, 3.8) is 0 Å². The summed E-state index contributed by atoms with van der Waals surface area (Å²) in [7, 11) is 0. The van der Waals surface area contributed by atoms with E-state index >= 15 is 0 Å². The number of hydrogen-bond acceptors (Lipinski definition) is 3. The Bertz CT molecular complexity index is 289. The Hall–Kier alpha value is -0.520. The second-order valence-electron chi connectivity index (χ2n) is 3.22. The molecule has 0 spiro atoms. The van der Waals surface area contributed by atoms with E-state index in [9.17, 15) is 13.9 Å². The summed E-state index contributed by atoms with van der Waals surface area (Å²) in [6, 6.07) is 3.76. The molecule has 1 aromatic rings. The predicted octanol–water partition coefficient (Wildman–Crippen LogP) is 2.76. The maximum absolute atomic E-state index is 11.7. The van der Waals surface area contributed by atoms with Crippen molar-refractivity contribution in [1.82, 2.24) is 0 Å². The molecule has 86 valence electrons. The molecule has 5 heteroatoms. The quantitative estimate of drug-likeness (QED) is 0.769. The lowest BCUT2D eigenvalue weighted by atomic mass is 10.2. The van der Waals surface area contributed by atoms with E-state index in [1.165, 1.54) is 11.3 Å². The highest BCUT2D eigenvalue weighted by Gasteiger charge is 2.10. The molecule has 2 nitrogen and oxygen atoms in total. The lowest BCUT2D eigenvalue weighted by Gasteiger charge is -2.08. The third kappa shape index (κ3) is 4.68. The molecule has 0 amide bonds. The summed E-state index contributed by atoms with van der Waals surface area (Å²) in [5.74, 6) is 0. The molecule has 1 unspecified atom stereocenters. The molecule has 1 aromatic heterocycles. The van der Waals surface area contributed by atoms with Gasteiger partial charge < -0.3 is 9.84 Å². The Morgan fingerprint density at radius 1 is 1.47 bits per heavy atom. The summed E-state index contributed by atoms with van der Waals surface area (Å²) in [6.07, 6.45) is -2.69. The van der Waals surface area contributed by atoms with Crippen molar-refractivity contribution in [3.05, 3.63) is 21.9 Å². The molecule has 0 saturated heterocycles. The van der Waals surface area contributed by atoms with Gasteiger partial charge >= 0.3 is 0 Å². The monoisotopic (exact) mass is 236 g/mol. The second kappa shape index (κ2) is 6.15. The van der Waals surface area contributed by atoms with Crippen LogP contribution >= 0.6 is 11.3 Å². The van der Waals surface area contributed by atoms with E-state index in [2.05, 4.69) is 4.74 Å². The first-order chi connectivity index (χ1) is 7.09. The van der Waals surface area contributed by atoms with Crippen molar-refractivity contribution in [2.75, 3.05) is 13.2 Å². The minimum atomic E-state index is -2.44. The molecule has 1 N–H and O–H groups in total. The number of aliphatic hydroxyl groups excluding tert-OH is 1. The van der Waals surface area contributed by atoms with E-state index in [0.717, 1.165) is 9.75 Å². The number of hydrogen-bond donors (Lipinski definition) is 1. The third-order valence-electron chi connectivity index (χ3n) is 1.87. The number of thiophene rings is 1. The molecule has 1 atom stereocenters. The van der Waals surface area contributed by atoms with Crippen LogP contribution in [0.5, 0.6) is 0 Å². The largest absolute Gasteiger partial charge is 0.387 e. The number of alkyl halides is 2. The highest BCUT2D eigenvalue weighted by atomic mass is 32.1. The van der Waals surface area contributed by atoms with E-state index < -0.39 is 19.1 Å². The van der Waals surface area contributed by atoms with Crippen LogP contribution in [-0.4, -0.2) is 24.7 Å². The van der Waals surface area contributed by atoms with Gasteiger partial charge in [-0.1, -0.05) is 0 Å². The Morgan fingerprint density at radius 2 is 2.20 bits per heavy atom. The van der Waals surface area contributed by atoms with E-state index in [1.54, 1.807) is 0 Å². The molecule has 1 rings (SSSR count). The summed E-state index contributed by atoms with van der Waals surface area (Å²) >= 11 is 1.51. The van der Waals surface area contributed by atoms with E-state index in [1.807, 2.05) is 19.1 Å². The van der Waals surface area contributed by atoms with Crippen LogP contribution in [0.3, 0.4) is 0 Å². The summed E-state index contributed by atoms with van der Waals surface area (Å²) in [6.45, 7) is 1.55. The maximum Gasteiger partial charge on any atom is 0.261 e. The topological polar surface area (TPSA) is 29.5 Å². The van der Waals surface area contributed by atoms with Crippen molar-refractivity contribution in [2.24, 2.45) is 0 Å². The fraction of sp³-hybridized carbons (Fsp3) is 0.600. The minimum absolute atomic E-state index is 0.155. The highest BCUT2D eigenvalue weighted by Crippen LogP contribution is 2.24. The average Bonchev–Trinajstić information content (AvgIpc) is 2.59. The van der Waals surface area contributed by atoms with Gasteiger partial charge in [-0.25, -0.2) is 8.78 Å².